The number of carboxylic acids is 1. The van der Waals surface area contributed by atoms with Gasteiger partial charge in [0.2, 0.25) is 0 Å². The molecule has 8 heteroatoms. The SMILES string of the molecule is COc1ccc(Cc2nc3ccc(C(=O)N/N=C\c4ccccc4C(=O)O)cc3[nH]2)cc1. The van der Waals surface area contributed by atoms with Crippen LogP contribution in [0.3, 0.4) is 0 Å². The summed E-state index contributed by atoms with van der Waals surface area (Å²) >= 11 is 0. The number of aromatic carboxylic acids is 1. The van der Waals surface area contributed by atoms with Gasteiger partial charge in [0, 0.05) is 17.5 Å². The summed E-state index contributed by atoms with van der Waals surface area (Å²) < 4.78 is 5.18. The standard InChI is InChI=1S/C24H20N4O4/c1-32-18-9-6-15(7-10-18)12-22-26-20-11-8-16(13-21(20)27-22)23(29)28-25-14-17-4-2-3-5-19(17)24(30)31/h2-11,13-14H,12H2,1H3,(H,26,27)(H,28,29)(H,30,31)/b25-14-. The van der Waals surface area contributed by atoms with Crippen LogP contribution in [-0.2, 0) is 6.42 Å². The lowest BCUT2D eigenvalue weighted by atomic mass is 10.1. The zero-order chi connectivity index (χ0) is 22.5. The van der Waals surface area contributed by atoms with Crippen molar-refractivity contribution < 1.29 is 19.4 Å². The molecule has 0 aliphatic heterocycles. The Morgan fingerprint density at radius 2 is 1.91 bits per heavy atom. The molecule has 0 spiro atoms. The maximum absolute atomic E-state index is 12.5. The Morgan fingerprint density at radius 3 is 2.66 bits per heavy atom. The fraction of sp³-hybridized carbons (Fsp3) is 0.0833. The van der Waals surface area contributed by atoms with Gasteiger partial charge in [0.15, 0.2) is 0 Å². The van der Waals surface area contributed by atoms with Gasteiger partial charge in [-0.1, -0.05) is 30.3 Å². The Morgan fingerprint density at radius 1 is 1.12 bits per heavy atom. The van der Waals surface area contributed by atoms with E-state index >= 15 is 0 Å². The highest BCUT2D eigenvalue weighted by Gasteiger charge is 2.10. The highest BCUT2D eigenvalue weighted by atomic mass is 16.5. The lowest BCUT2D eigenvalue weighted by Gasteiger charge is -2.01. The van der Waals surface area contributed by atoms with Gasteiger partial charge in [-0.15, -0.1) is 0 Å². The largest absolute Gasteiger partial charge is 0.497 e. The molecular weight excluding hydrogens is 408 g/mol. The van der Waals surface area contributed by atoms with Crippen LogP contribution in [0.4, 0.5) is 0 Å². The summed E-state index contributed by atoms with van der Waals surface area (Å²) in [6.07, 6.45) is 1.93. The van der Waals surface area contributed by atoms with Crippen LogP contribution in [0.1, 0.15) is 37.7 Å². The van der Waals surface area contributed by atoms with Crippen LogP contribution < -0.4 is 10.2 Å². The van der Waals surface area contributed by atoms with Gasteiger partial charge in [-0.05, 0) is 42.0 Å². The van der Waals surface area contributed by atoms with Crippen molar-refractivity contribution in [1.29, 1.82) is 0 Å². The van der Waals surface area contributed by atoms with Crippen molar-refractivity contribution in [2.75, 3.05) is 7.11 Å². The Kier molecular flexibility index (Phi) is 5.94. The Hall–Kier alpha value is -4.46. The van der Waals surface area contributed by atoms with Gasteiger partial charge in [0.1, 0.15) is 11.6 Å². The molecule has 1 aromatic heterocycles. The molecular formula is C24H20N4O4. The van der Waals surface area contributed by atoms with E-state index < -0.39 is 11.9 Å². The Balaban J connectivity index is 1.46. The molecule has 1 amide bonds. The van der Waals surface area contributed by atoms with Gasteiger partial charge in [-0.2, -0.15) is 5.10 Å². The highest BCUT2D eigenvalue weighted by Crippen LogP contribution is 2.18. The number of aromatic nitrogens is 2. The highest BCUT2D eigenvalue weighted by molar-refractivity contribution is 6.00. The first-order chi connectivity index (χ1) is 15.5. The summed E-state index contributed by atoms with van der Waals surface area (Å²) in [4.78, 5) is 31.5. The van der Waals surface area contributed by atoms with E-state index in [1.807, 2.05) is 24.3 Å². The second-order valence-corrected chi connectivity index (χ2v) is 7.03. The molecule has 8 nitrogen and oxygen atoms in total. The van der Waals surface area contributed by atoms with Crippen molar-refractivity contribution in [2.24, 2.45) is 5.10 Å². The van der Waals surface area contributed by atoms with Gasteiger partial charge in [0.25, 0.3) is 5.91 Å². The first-order valence-corrected chi connectivity index (χ1v) is 9.81. The summed E-state index contributed by atoms with van der Waals surface area (Å²) in [6.45, 7) is 0. The average Bonchev–Trinajstić information content (AvgIpc) is 3.21. The third kappa shape index (κ3) is 4.65. The normalized spacial score (nSPS) is 11.0. The van der Waals surface area contributed by atoms with Gasteiger partial charge in [-0.3, -0.25) is 4.79 Å². The number of ether oxygens (including phenoxy) is 1. The predicted molar refractivity (Wildman–Crippen MR) is 120 cm³/mol. The third-order valence-corrected chi connectivity index (χ3v) is 4.88. The minimum absolute atomic E-state index is 0.105. The predicted octanol–water partition coefficient (Wildman–Crippen LogP) is 3.62. The number of rotatable bonds is 7. The first-order valence-electron chi connectivity index (χ1n) is 9.81. The fourth-order valence-corrected chi connectivity index (χ4v) is 3.25. The number of methoxy groups -OCH3 is 1. The zero-order valence-corrected chi connectivity index (χ0v) is 17.2. The van der Waals surface area contributed by atoms with E-state index in [4.69, 9.17) is 4.74 Å². The number of amides is 1. The van der Waals surface area contributed by atoms with Crippen molar-refractivity contribution in [2.45, 2.75) is 6.42 Å². The maximum Gasteiger partial charge on any atom is 0.336 e. The van der Waals surface area contributed by atoms with Crippen LogP contribution in [0.15, 0.2) is 71.8 Å². The number of aromatic amines is 1. The molecule has 0 bridgehead atoms. The second kappa shape index (κ2) is 9.13. The Bertz CT molecular complexity index is 1310. The number of hydrogen-bond acceptors (Lipinski definition) is 5. The van der Waals surface area contributed by atoms with Crippen LogP contribution >= 0.6 is 0 Å². The van der Waals surface area contributed by atoms with E-state index in [0.717, 1.165) is 28.2 Å². The number of benzene rings is 3. The van der Waals surface area contributed by atoms with Gasteiger partial charge in [0.05, 0.1) is 29.9 Å². The fourth-order valence-electron chi connectivity index (χ4n) is 3.25. The number of carbonyl (C=O) groups excluding carboxylic acids is 1. The van der Waals surface area contributed by atoms with E-state index in [-0.39, 0.29) is 5.56 Å². The number of nitrogens with zero attached hydrogens (tertiary/aromatic N) is 2. The lowest BCUT2D eigenvalue weighted by molar-refractivity contribution is 0.0696. The molecule has 0 radical (unpaired) electrons. The smallest absolute Gasteiger partial charge is 0.336 e. The van der Waals surface area contributed by atoms with Crippen molar-refractivity contribution in [3.8, 4) is 5.75 Å². The number of nitrogens with one attached hydrogen (secondary N) is 2. The summed E-state index contributed by atoms with van der Waals surface area (Å²) in [7, 11) is 1.63. The molecule has 0 saturated heterocycles. The van der Waals surface area contributed by atoms with E-state index in [1.165, 1.54) is 12.3 Å². The molecule has 0 aliphatic rings. The summed E-state index contributed by atoms with van der Waals surface area (Å²) in [5.74, 6) is 0.102. The number of carboxylic acid groups (broad SMARTS) is 1. The van der Waals surface area contributed by atoms with E-state index in [0.29, 0.717) is 17.5 Å². The summed E-state index contributed by atoms with van der Waals surface area (Å²) in [6, 6.07) is 19.3. The first kappa shape index (κ1) is 20.8. The molecule has 3 aromatic carbocycles. The Labute approximate surface area is 183 Å². The molecule has 3 N–H and O–H groups in total. The molecule has 160 valence electrons. The van der Waals surface area contributed by atoms with Gasteiger partial charge in [-0.25, -0.2) is 15.2 Å². The van der Waals surface area contributed by atoms with E-state index in [9.17, 15) is 14.7 Å². The summed E-state index contributed by atoms with van der Waals surface area (Å²) in [5.41, 5.74) is 5.91. The van der Waals surface area contributed by atoms with Gasteiger partial charge < -0.3 is 14.8 Å². The number of carbonyl (C=O) groups is 2. The van der Waals surface area contributed by atoms with Crippen LogP contribution in [0.25, 0.3) is 11.0 Å². The molecule has 0 unspecified atom stereocenters. The number of imidazole rings is 1. The molecule has 4 rings (SSSR count). The quantitative estimate of drug-likeness (QED) is 0.307. The van der Waals surface area contributed by atoms with Crippen LogP contribution in [0, 0.1) is 0 Å². The van der Waals surface area contributed by atoms with E-state index in [2.05, 4.69) is 20.5 Å². The monoisotopic (exact) mass is 428 g/mol. The number of hydrazone groups is 1. The van der Waals surface area contributed by atoms with Crippen molar-refractivity contribution in [3.05, 3.63) is 94.8 Å². The average molecular weight is 428 g/mol. The molecule has 0 atom stereocenters. The third-order valence-electron chi connectivity index (χ3n) is 4.88. The van der Waals surface area contributed by atoms with E-state index in [1.54, 1.807) is 43.5 Å². The molecule has 0 aliphatic carbocycles. The topological polar surface area (TPSA) is 117 Å². The van der Waals surface area contributed by atoms with Gasteiger partial charge >= 0.3 is 5.97 Å². The molecule has 0 fully saturated rings. The van der Waals surface area contributed by atoms with Crippen molar-refractivity contribution >= 4 is 29.1 Å². The number of hydrogen-bond donors (Lipinski definition) is 3. The minimum atomic E-state index is -1.06. The molecule has 1 heterocycles. The van der Waals surface area contributed by atoms with Crippen molar-refractivity contribution in [1.82, 2.24) is 15.4 Å². The minimum Gasteiger partial charge on any atom is -0.497 e. The molecule has 32 heavy (non-hydrogen) atoms. The van der Waals surface area contributed by atoms with Crippen LogP contribution in [0.5, 0.6) is 5.75 Å². The molecule has 4 aromatic rings. The molecule has 0 saturated carbocycles. The van der Waals surface area contributed by atoms with Crippen molar-refractivity contribution in [3.63, 3.8) is 0 Å². The van der Waals surface area contributed by atoms with Crippen LogP contribution in [-0.4, -0.2) is 40.3 Å². The zero-order valence-electron chi connectivity index (χ0n) is 17.2. The number of fused-ring (bicyclic) bond motifs is 1. The maximum atomic E-state index is 12.5. The summed E-state index contributed by atoms with van der Waals surface area (Å²) in [5, 5.41) is 13.1. The number of H-pyrrole nitrogens is 1. The lowest BCUT2D eigenvalue weighted by Crippen LogP contribution is -2.17. The second-order valence-electron chi connectivity index (χ2n) is 7.03. The van der Waals surface area contributed by atoms with Crippen LogP contribution in [0.2, 0.25) is 0 Å².